The van der Waals surface area contributed by atoms with Gasteiger partial charge >= 0.3 is 0 Å². The molecule has 0 aromatic heterocycles. The zero-order valence-corrected chi connectivity index (χ0v) is 12.8. The van der Waals surface area contributed by atoms with Crippen molar-refractivity contribution in [3.8, 4) is 11.5 Å². The maximum Gasteiger partial charge on any atom is 0.273 e. The fourth-order valence-electron chi connectivity index (χ4n) is 2.03. The highest BCUT2D eigenvalue weighted by molar-refractivity contribution is 5.86. The summed E-state index contributed by atoms with van der Waals surface area (Å²) in [4.78, 5) is 22.2. The number of nitrogens with one attached hydrogen (secondary N) is 1. The molecule has 0 unspecified atom stereocenters. The molecule has 0 radical (unpaired) electrons. The number of nitro groups is 1. The van der Waals surface area contributed by atoms with E-state index in [1.54, 1.807) is 24.3 Å². The molecule has 2 aromatic rings. The average Bonchev–Trinajstić information content (AvgIpc) is 2.56. The van der Waals surface area contributed by atoms with Crippen LogP contribution in [0.25, 0.3) is 0 Å². The molecule has 124 valence electrons. The number of rotatable bonds is 6. The van der Waals surface area contributed by atoms with Gasteiger partial charge in [0.2, 0.25) is 5.91 Å². The maximum absolute atomic E-state index is 11.9. The number of benzene rings is 2. The first-order valence-electron chi connectivity index (χ1n) is 6.93. The molecule has 0 aliphatic carbocycles. The predicted octanol–water partition coefficient (Wildman–Crippen LogP) is 2.00. The standard InChI is InChI=1S/C16H15N3O5/c1-24-14-8-4-6-12(16(14)21)10-17-18-15(20)9-11-5-2-3-7-13(11)19(22)23/h2-8,10,21H,9H2,1H3,(H,18,20)/b17-10-. The van der Waals surface area contributed by atoms with Gasteiger partial charge in [-0.05, 0) is 12.1 Å². The van der Waals surface area contributed by atoms with Crippen LogP contribution in [0, 0.1) is 10.1 Å². The van der Waals surface area contributed by atoms with Crippen molar-refractivity contribution in [2.24, 2.45) is 5.10 Å². The van der Waals surface area contributed by atoms with Crippen LogP contribution in [0.5, 0.6) is 11.5 Å². The summed E-state index contributed by atoms with van der Waals surface area (Å²) in [6.07, 6.45) is 1.08. The number of para-hydroxylation sites is 2. The normalized spacial score (nSPS) is 10.5. The number of methoxy groups -OCH3 is 1. The fraction of sp³-hybridized carbons (Fsp3) is 0.125. The largest absolute Gasteiger partial charge is 0.504 e. The van der Waals surface area contributed by atoms with E-state index in [4.69, 9.17) is 4.74 Å². The third-order valence-electron chi connectivity index (χ3n) is 3.18. The number of hydrazone groups is 1. The van der Waals surface area contributed by atoms with Crippen LogP contribution in [0.3, 0.4) is 0 Å². The van der Waals surface area contributed by atoms with Crippen LogP contribution < -0.4 is 10.2 Å². The van der Waals surface area contributed by atoms with Crippen molar-refractivity contribution >= 4 is 17.8 Å². The molecule has 2 N–H and O–H groups in total. The number of hydrogen-bond acceptors (Lipinski definition) is 6. The van der Waals surface area contributed by atoms with Crippen molar-refractivity contribution in [2.75, 3.05) is 7.11 Å². The lowest BCUT2D eigenvalue weighted by molar-refractivity contribution is -0.385. The molecule has 0 saturated carbocycles. The highest BCUT2D eigenvalue weighted by Crippen LogP contribution is 2.27. The second-order valence-corrected chi connectivity index (χ2v) is 4.75. The van der Waals surface area contributed by atoms with E-state index in [-0.39, 0.29) is 23.6 Å². The summed E-state index contributed by atoms with van der Waals surface area (Å²) in [5.74, 6) is -0.329. The highest BCUT2D eigenvalue weighted by atomic mass is 16.6. The van der Waals surface area contributed by atoms with Crippen LogP contribution in [-0.4, -0.2) is 29.3 Å². The number of carbonyl (C=O) groups excluding carboxylic acids is 1. The van der Waals surface area contributed by atoms with Crippen LogP contribution in [0.15, 0.2) is 47.6 Å². The molecule has 2 aromatic carbocycles. The molecule has 8 nitrogen and oxygen atoms in total. The molecular formula is C16H15N3O5. The second-order valence-electron chi connectivity index (χ2n) is 4.75. The van der Waals surface area contributed by atoms with E-state index in [1.807, 2.05) is 0 Å². The molecule has 0 aliphatic heterocycles. The molecule has 0 bridgehead atoms. The summed E-state index contributed by atoms with van der Waals surface area (Å²) in [5.41, 5.74) is 2.80. The van der Waals surface area contributed by atoms with Crippen LogP contribution in [0.4, 0.5) is 5.69 Å². The Hall–Kier alpha value is -3.42. The predicted molar refractivity (Wildman–Crippen MR) is 87.2 cm³/mol. The number of ether oxygens (including phenoxy) is 1. The zero-order valence-electron chi connectivity index (χ0n) is 12.8. The van der Waals surface area contributed by atoms with Gasteiger partial charge in [0.25, 0.3) is 5.69 Å². The van der Waals surface area contributed by atoms with Gasteiger partial charge in [-0.15, -0.1) is 0 Å². The lowest BCUT2D eigenvalue weighted by Gasteiger charge is -2.05. The summed E-state index contributed by atoms with van der Waals surface area (Å²) in [7, 11) is 1.42. The van der Waals surface area contributed by atoms with Gasteiger partial charge in [0, 0.05) is 17.2 Å². The van der Waals surface area contributed by atoms with Crippen LogP contribution >= 0.6 is 0 Å². The van der Waals surface area contributed by atoms with E-state index >= 15 is 0 Å². The van der Waals surface area contributed by atoms with Gasteiger partial charge in [-0.1, -0.05) is 24.3 Å². The molecule has 0 spiro atoms. The van der Waals surface area contributed by atoms with Gasteiger partial charge in [0.05, 0.1) is 24.7 Å². The third-order valence-corrected chi connectivity index (χ3v) is 3.18. The second kappa shape index (κ2) is 7.73. The summed E-state index contributed by atoms with van der Waals surface area (Å²) < 4.78 is 4.96. The van der Waals surface area contributed by atoms with Crippen molar-refractivity contribution in [3.05, 3.63) is 63.7 Å². The number of amides is 1. The van der Waals surface area contributed by atoms with E-state index in [0.717, 1.165) is 0 Å². The Morgan fingerprint density at radius 3 is 2.79 bits per heavy atom. The van der Waals surface area contributed by atoms with Crippen molar-refractivity contribution in [1.82, 2.24) is 5.43 Å². The molecule has 0 saturated heterocycles. The Bertz CT molecular complexity index is 789. The zero-order chi connectivity index (χ0) is 17.5. The number of phenols is 1. The smallest absolute Gasteiger partial charge is 0.273 e. The van der Waals surface area contributed by atoms with Crippen molar-refractivity contribution in [2.45, 2.75) is 6.42 Å². The Morgan fingerprint density at radius 2 is 2.08 bits per heavy atom. The fourth-order valence-corrected chi connectivity index (χ4v) is 2.03. The first-order chi connectivity index (χ1) is 11.5. The Morgan fingerprint density at radius 1 is 1.33 bits per heavy atom. The van der Waals surface area contributed by atoms with Crippen LogP contribution in [0.2, 0.25) is 0 Å². The molecular weight excluding hydrogens is 314 g/mol. The van der Waals surface area contributed by atoms with Crippen molar-refractivity contribution in [3.63, 3.8) is 0 Å². The maximum atomic E-state index is 11.9. The van der Waals surface area contributed by atoms with E-state index in [9.17, 15) is 20.0 Å². The number of hydrogen-bond donors (Lipinski definition) is 2. The van der Waals surface area contributed by atoms with E-state index in [1.165, 1.54) is 31.5 Å². The van der Waals surface area contributed by atoms with Gasteiger partial charge in [0.1, 0.15) is 0 Å². The van der Waals surface area contributed by atoms with Gasteiger partial charge < -0.3 is 9.84 Å². The lowest BCUT2D eigenvalue weighted by Crippen LogP contribution is -2.20. The quantitative estimate of drug-likeness (QED) is 0.478. The number of phenolic OH excluding ortho intramolecular Hbond substituents is 1. The van der Waals surface area contributed by atoms with Crippen LogP contribution in [-0.2, 0) is 11.2 Å². The number of nitro benzene ring substituents is 1. The average molecular weight is 329 g/mol. The summed E-state index contributed by atoms with van der Waals surface area (Å²) in [6, 6.07) is 10.8. The summed E-state index contributed by atoms with van der Waals surface area (Å²) in [6.45, 7) is 0. The van der Waals surface area contributed by atoms with E-state index < -0.39 is 10.8 Å². The molecule has 0 atom stereocenters. The Labute approximate surface area is 137 Å². The molecule has 8 heteroatoms. The van der Waals surface area contributed by atoms with E-state index in [0.29, 0.717) is 11.1 Å². The van der Waals surface area contributed by atoms with Crippen LogP contribution in [0.1, 0.15) is 11.1 Å². The minimum absolute atomic E-state index is 0.100. The topological polar surface area (TPSA) is 114 Å². The number of nitrogens with zero attached hydrogens (tertiary/aromatic N) is 2. The molecule has 0 heterocycles. The molecule has 0 aliphatic rings. The van der Waals surface area contributed by atoms with Crippen molar-refractivity contribution in [1.29, 1.82) is 0 Å². The van der Waals surface area contributed by atoms with E-state index in [2.05, 4.69) is 10.5 Å². The SMILES string of the molecule is COc1cccc(/C=N\NC(=O)Cc2ccccc2[N+](=O)[O-])c1O. The first-order valence-corrected chi connectivity index (χ1v) is 6.93. The Kier molecular flexibility index (Phi) is 5.45. The summed E-state index contributed by atoms with van der Waals surface area (Å²) >= 11 is 0. The van der Waals surface area contributed by atoms with Gasteiger partial charge in [0.15, 0.2) is 11.5 Å². The lowest BCUT2D eigenvalue weighted by atomic mass is 10.1. The minimum Gasteiger partial charge on any atom is -0.504 e. The molecule has 0 fully saturated rings. The minimum atomic E-state index is -0.542. The van der Waals surface area contributed by atoms with Gasteiger partial charge in [-0.3, -0.25) is 14.9 Å². The van der Waals surface area contributed by atoms with Crippen molar-refractivity contribution < 1.29 is 19.6 Å². The highest BCUT2D eigenvalue weighted by Gasteiger charge is 2.15. The number of aromatic hydroxyl groups is 1. The number of carbonyl (C=O) groups is 1. The molecule has 24 heavy (non-hydrogen) atoms. The molecule has 2 rings (SSSR count). The molecule has 1 amide bonds. The monoisotopic (exact) mass is 329 g/mol. The summed E-state index contributed by atoms with van der Waals surface area (Å²) in [5, 5.41) is 24.5. The Balaban J connectivity index is 2.03. The van der Waals surface area contributed by atoms with Gasteiger partial charge in [-0.25, -0.2) is 5.43 Å². The third kappa shape index (κ3) is 4.07. The van der Waals surface area contributed by atoms with Gasteiger partial charge in [-0.2, -0.15) is 5.10 Å². The first kappa shape index (κ1) is 16.9.